The van der Waals surface area contributed by atoms with Crippen LogP contribution in [0.15, 0.2) is 24.3 Å². The summed E-state index contributed by atoms with van der Waals surface area (Å²) in [6, 6.07) is 7.10. The number of nitrogens with zero attached hydrogens (tertiary/aromatic N) is 3. The second-order valence-electron chi connectivity index (χ2n) is 9.26. The van der Waals surface area contributed by atoms with Gasteiger partial charge in [-0.25, -0.2) is 9.80 Å². The minimum absolute atomic E-state index is 0.0437. The lowest BCUT2D eigenvalue weighted by Crippen LogP contribution is -2.61. The lowest BCUT2D eigenvalue weighted by atomic mass is 10.0. The van der Waals surface area contributed by atoms with Gasteiger partial charge in [0.25, 0.3) is 5.91 Å². The topological polar surface area (TPSA) is 108 Å². The van der Waals surface area contributed by atoms with Crippen molar-refractivity contribution >= 4 is 23.6 Å². The van der Waals surface area contributed by atoms with Crippen LogP contribution >= 0.6 is 0 Å². The normalized spacial score (nSPS) is 18.3. The molecule has 1 aromatic rings. The molecule has 3 rings (SSSR count). The predicted octanol–water partition coefficient (Wildman–Crippen LogP) is 1.73. The highest BCUT2D eigenvalue weighted by atomic mass is 16.6. The van der Waals surface area contributed by atoms with E-state index in [0.29, 0.717) is 50.3 Å². The van der Waals surface area contributed by atoms with Crippen molar-refractivity contribution in [3.63, 3.8) is 0 Å². The van der Waals surface area contributed by atoms with E-state index in [4.69, 9.17) is 10.6 Å². The SMILES string of the molecule is CC(=O)N(c1cccc(C(=O)NC2CN(N)C2)c1)C1CCN(C(=O)OC(C)(C)C)CC1. The second kappa shape index (κ2) is 9.23. The van der Waals surface area contributed by atoms with E-state index in [0.717, 1.165) is 0 Å². The molecule has 170 valence electrons. The summed E-state index contributed by atoms with van der Waals surface area (Å²) in [5, 5.41) is 4.59. The molecule has 2 saturated heterocycles. The molecule has 0 radical (unpaired) electrons. The molecule has 2 fully saturated rings. The number of hydrogen-bond acceptors (Lipinski definition) is 6. The van der Waals surface area contributed by atoms with E-state index >= 15 is 0 Å². The number of benzene rings is 1. The van der Waals surface area contributed by atoms with Gasteiger partial charge in [-0.1, -0.05) is 6.07 Å². The lowest BCUT2D eigenvalue weighted by Gasteiger charge is -2.38. The average molecular weight is 432 g/mol. The Morgan fingerprint density at radius 2 is 1.81 bits per heavy atom. The van der Waals surface area contributed by atoms with Gasteiger partial charge < -0.3 is 19.9 Å². The number of hydrogen-bond donors (Lipinski definition) is 2. The molecule has 2 heterocycles. The minimum Gasteiger partial charge on any atom is -0.444 e. The van der Waals surface area contributed by atoms with Gasteiger partial charge in [-0.05, 0) is 51.8 Å². The summed E-state index contributed by atoms with van der Waals surface area (Å²) in [4.78, 5) is 40.8. The Balaban J connectivity index is 1.65. The Hall–Kier alpha value is -2.65. The van der Waals surface area contributed by atoms with E-state index in [-0.39, 0.29) is 30.0 Å². The standard InChI is InChI=1S/C22H33N5O4/c1-15(28)27(18-8-10-25(11-9-18)21(30)31-22(2,3)4)19-7-5-6-16(12-19)20(29)24-17-13-26(23)14-17/h5-7,12,17-18H,8-11,13-14,23H2,1-4H3,(H,24,29). The van der Waals surface area contributed by atoms with Gasteiger partial charge in [-0.3, -0.25) is 15.4 Å². The maximum Gasteiger partial charge on any atom is 0.410 e. The predicted molar refractivity (Wildman–Crippen MR) is 117 cm³/mol. The Morgan fingerprint density at radius 1 is 1.16 bits per heavy atom. The van der Waals surface area contributed by atoms with Crippen LogP contribution in [-0.4, -0.2) is 71.7 Å². The van der Waals surface area contributed by atoms with Crippen molar-refractivity contribution in [1.29, 1.82) is 0 Å². The highest BCUT2D eigenvalue weighted by Crippen LogP contribution is 2.26. The number of carbonyl (C=O) groups is 3. The molecule has 3 amide bonds. The quantitative estimate of drug-likeness (QED) is 0.703. The molecular weight excluding hydrogens is 398 g/mol. The van der Waals surface area contributed by atoms with Gasteiger partial charge in [0.05, 0.1) is 6.04 Å². The third-order valence-corrected chi connectivity index (χ3v) is 5.45. The number of hydrazine groups is 1. The number of ether oxygens (including phenoxy) is 1. The van der Waals surface area contributed by atoms with Gasteiger partial charge in [0.1, 0.15) is 5.60 Å². The fourth-order valence-electron chi connectivity index (χ4n) is 3.95. The molecule has 0 spiro atoms. The molecule has 2 aliphatic heterocycles. The number of nitrogens with one attached hydrogen (secondary N) is 1. The van der Waals surface area contributed by atoms with Crippen LogP contribution in [-0.2, 0) is 9.53 Å². The summed E-state index contributed by atoms with van der Waals surface area (Å²) in [5.41, 5.74) is 0.651. The summed E-state index contributed by atoms with van der Waals surface area (Å²) in [5.74, 6) is 5.36. The fourth-order valence-corrected chi connectivity index (χ4v) is 3.95. The first-order chi connectivity index (χ1) is 14.5. The molecule has 9 nitrogen and oxygen atoms in total. The van der Waals surface area contributed by atoms with Crippen LogP contribution in [0.5, 0.6) is 0 Å². The Bertz CT molecular complexity index is 823. The number of carbonyl (C=O) groups excluding carboxylic acids is 3. The maximum absolute atomic E-state index is 12.6. The number of rotatable bonds is 4. The van der Waals surface area contributed by atoms with E-state index < -0.39 is 5.60 Å². The molecule has 0 saturated carbocycles. The van der Waals surface area contributed by atoms with Crippen molar-refractivity contribution in [3.8, 4) is 0 Å². The molecule has 9 heteroatoms. The molecule has 0 bridgehead atoms. The monoisotopic (exact) mass is 431 g/mol. The third-order valence-electron chi connectivity index (χ3n) is 5.45. The van der Waals surface area contributed by atoms with Gasteiger partial charge in [-0.15, -0.1) is 0 Å². The summed E-state index contributed by atoms with van der Waals surface area (Å²) >= 11 is 0. The van der Waals surface area contributed by atoms with Crippen molar-refractivity contribution in [1.82, 2.24) is 15.2 Å². The molecule has 0 aromatic heterocycles. The van der Waals surface area contributed by atoms with E-state index in [1.807, 2.05) is 26.8 Å². The van der Waals surface area contributed by atoms with Gasteiger partial charge >= 0.3 is 6.09 Å². The number of anilines is 1. The average Bonchev–Trinajstić information content (AvgIpc) is 2.66. The molecule has 0 aliphatic carbocycles. The molecule has 0 unspecified atom stereocenters. The molecule has 3 N–H and O–H groups in total. The molecule has 1 aromatic carbocycles. The smallest absolute Gasteiger partial charge is 0.410 e. The largest absolute Gasteiger partial charge is 0.444 e. The second-order valence-corrected chi connectivity index (χ2v) is 9.26. The Labute approximate surface area is 183 Å². The third kappa shape index (κ3) is 5.95. The van der Waals surface area contributed by atoms with Crippen molar-refractivity contribution in [3.05, 3.63) is 29.8 Å². The summed E-state index contributed by atoms with van der Waals surface area (Å²) in [7, 11) is 0. The van der Waals surface area contributed by atoms with E-state index in [2.05, 4.69) is 5.32 Å². The van der Waals surface area contributed by atoms with Crippen molar-refractivity contribution in [2.75, 3.05) is 31.1 Å². The van der Waals surface area contributed by atoms with Gasteiger partial charge in [0.15, 0.2) is 0 Å². The summed E-state index contributed by atoms with van der Waals surface area (Å²) in [6.45, 7) is 9.33. The van der Waals surface area contributed by atoms with Crippen LogP contribution in [0.4, 0.5) is 10.5 Å². The van der Waals surface area contributed by atoms with Crippen molar-refractivity contribution in [2.45, 2.75) is 58.2 Å². The highest BCUT2D eigenvalue weighted by molar-refractivity contribution is 5.98. The van der Waals surface area contributed by atoms with Crippen LogP contribution < -0.4 is 16.1 Å². The van der Waals surface area contributed by atoms with Gasteiger partial charge in [0, 0.05) is 50.4 Å². The van der Waals surface area contributed by atoms with Crippen LogP contribution in [0.2, 0.25) is 0 Å². The Kier molecular flexibility index (Phi) is 6.86. The highest BCUT2D eigenvalue weighted by Gasteiger charge is 2.32. The molecule has 2 aliphatic rings. The maximum atomic E-state index is 12.6. The fraction of sp³-hybridized carbons (Fsp3) is 0.591. The number of amides is 3. The van der Waals surface area contributed by atoms with E-state index in [1.54, 1.807) is 33.0 Å². The summed E-state index contributed by atoms with van der Waals surface area (Å²) < 4.78 is 5.45. The van der Waals surface area contributed by atoms with Crippen molar-refractivity contribution < 1.29 is 19.1 Å². The zero-order chi connectivity index (χ0) is 22.8. The zero-order valence-corrected chi connectivity index (χ0v) is 18.8. The number of nitrogens with two attached hydrogens (primary N) is 1. The summed E-state index contributed by atoms with van der Waals surface area (Å²) in [6.07, 6.45) is 0.957. The zero-order valence-electron chi connectivity index (χ0n) is 18.8. The number of likely N-dealkylation sites (tertiary alicyclic amines) is 1. The van der Waals surface area contributed by atoms with Crippen LogP contribution in [0.3, 0.4) is 0 Å². The first-order valence-corrected chi connectivity index (χ1v) is 10.7. The van der Waals surface area contributed by atoms with Crippen LogP contribution in [0, 0.1) is 0 Å². The van der Waals surface area contributed by atoms with Gasteiger partial charge in [-0.2, -0.15) is 0 Å². The molecule has 31 heavy (non-hydrogen) atoms. The number of piperidine rings is 1. The Morgan fingerprint density at radius 3 is 2.35 bits per heavy atom. The van der Waals surface area contributed by atoms with Gasteiger partial charge in [0.2, 0.25) is 5.91 Å². The molecule has 0 atom stereocenters. The van der Waals surface area contributed by atoms with E-state index in [1.165, 1.54) is 6.92 Å². The lowest BCUT2D eigenvalue weighted by molar-refractivity contribution is -0.117. The van der Waals surface area contributed by atoms with Crippen molar-refractivity contribution in [2.24, 2.45) is 5.84 Å². The van der Waals surface area contributed by atoms with E-state index in [9.17, 15) is 14.4 Å². The van der Waals surface area contributed by atoms with Crippen LogP contribution in [0.1, 0.15) is 50.9 Å². The first-order valence-electron chi connectivity index (χ1n) is 10.7. The van der Waals surface area contributed by atoms with Crippen LogP contribution in [0.25, 0.3) is 0 Å². The molecular formula is C22H33N5O4. The minimum atomic E-state index is -0.539. The first kappa shape index (κ1) is 23.0.